The summed E-state index contributed by atoms with van der Waals surface area (Å²) in [5, 5.41) is 3.31. The Labute approximate surface area is 124 Å². The molecule has 0 amide bonds. The summed E-state index contributed by atoms with van der Waals surface area (Å²) in [6.45, 7) is 7.94. The van der Waals surface area contributed by atoms with Crippen molar-refractivity contribution in [1.29, 1.82) is 0 Å². The third-order valence-electron chi connectivity index (χ3n) is 3.21. The summed E-state index contributed by atoms with van der Waals surface area (Å²) in [7, 11) is 2.07. The number of hydrogen-bond acceptors (Lipinski definition) is 6. The molecule has 2 aromatic rings. The quantitative estimate of drug-likeness (QED) is 0.887. The predicted molar refractivity (Wildman–Crippen MR) is 84.5 cm³/mol. The minimum Gasteiger partial charge on any atom is -0.370 e. The van der Waals surface area contributed by atoms with Gasteiger partial charge in [-0.3, -0.25) is 0 Å². The highest BCUT2D eigenvalue weighted by molar-refractivity contribution is 7.09. The van der Waals surface area contributed by atoms with Crippen LogP contribution in [0.1, 0.15) is 30.0 Å². The van der Waals surface area contributed by atoms with Crippen LogP contribution in [0.2, 0.25) is 0 Å². The van der Waals surface area contributed by atoms with E-state index in [1.165, 1.54) is 10.4 Å². The molecule has 0 unspecified atom stereocenters. The zero-order chi connectivity index (χ0) is 14.5. The van der Waals surface area contributed by atoms with Crippen molar-refractivity contribution in [2.24, 2.45) is 0 Å². The van der Waals surface area contributed by atoms with E-state index in [9.17, 15) is 0 Å². The number of aromatic nitrogens is 3. The average molecular weight is 291 g/mol. The topological polar surface area (TPSA) is 53.9 Å². The van der Waals surface area contributed by atoms with Crippen LogP contribution in [-0.4, -0.2) is 28.5 Å². The second-order valence-electron chi connectivity index (χ2n) is 4.63. The molecular formula is C14H21N5S. The molecule has 0 bridgehead atoms. The molecule has 1 N–H and O–H groups in total. The van der Waals surface area contributed by atoms with Gasteiger partial charge in [0.25, 0.3) is 0 Å². The molecular weight excluding hydrogens is 270 g/mol. The zero-order valence-electron chi connectivity index (χ0n) is 12.5. The maximum atomic E-state index is 4.46. The Balaban J connectivity index is 2.27. The first-order chi connectivity index (χ1) is 9.67. The fourth-order valence-corrected chi connectivity index (χ4v) is 2.98. The van der Waals surface area contributed by atoms with E-state index in [0.29, 0.717) is 0 Å². The van der Waals surface area contributed by atoms with Crippen LogP contribution in [0.5, 0.6) is 0 Å². The Bertz CT molecular complexity index is 566. The Morgan fingerprint density at radius 1 is 1.25 bits per heavy atom. The van der Waals surface area contributed by atoms with Gasteiger partial charge in [-0.1, -0.05) is 6.92 Å². The van der Waals surface area contributed by atoms with Gasteiger partial charge in [-0.2, -0.15) is 0 Å². The molecule has 0 saturated heterocycles. The second kappa shape index (κ2) is 6.65. The number of nitrogens with zero attached hydrogens (tertiary/aromatic N) is 4. The Morgan fingerprint density at radius 3 is 2.65 bits per heavy atom. The monoisotopic (exact) mass is 291 g/mol. The maximum absolute atomic E-state index is 4.46. The van der Waals surface area contributed by atoms with E-state index < -0.39 is 0 Å². The first kappa shape index (κ1) is 14.7. The molecule has 0 aromatic carbocycles. The summed E-state index contributed by atoms with van der Waals surface area (Å²) in [6, 6.07) is 0. The fourth-order valence-electron chi connectivity index (χ4n) is 2.15. The third kappa shape index (κ3) is 3.07. The van der Waals surface area contributed by atoms with Crippen LogP contribution >= 0.6 is 11.3 Å². The van der Waals surface area contributed by atoms with E-state index in [0.717, 1.165) is 36.8 Å². The molecule has 2 aromatic heterocycles. The molecule has 0 atom stereocenters. The molecule has 6 heteroatoms. The van der Waals surface area contributed by atoms with Crippen molar-refractivity contribution < 1.29 is 0 Å². The summed E-state index contributed by atoms with van der Waals surface area (Å²) < 4.78 is 0. The number of thiazole rings is 1. The van der Waals surface area contributed by atoms with Crippen LogP contribution in [0, 0.1) is 6.92 Å². The van der Waals surface area contributed by atoms with E-state index in [1.54, 1.807) is 17.7 Å². The number of hydrogen-bond donors (Lipinski definition) is 1. The van der Waals surface area contributed by atoms with Gasteiger partial charge in [0.05, 0.1) is 17.7 Å². The van der Waals surface area contributed by atoms with E-state index in [-0.39, 0.29) is 0 Å². The molecule has 20 heavy (non-hydrogen) atoms. The highest BCUT2D eigenvalue weighted by Gasteiger charge is 2.14. The number of rotatable bonds is 6. The summed E-state index contributed by atoms with van der Waals surface area (Å²) >= 11 is 1.69. The molecule has 0 aliphatic heterocycles. The molecule has 0 aliphatic rings. The Hall–Kier alpha value is -1.69. The van der Waals surface area contributed by atoms with Crippen LogP contribution in [0.3, 0.4) is 0 Å². The van der Waals surface area contributed by atoms with Crippen molar-refractivity contribution in [3.8, 4) is 0 Å². The van der Waals surface area contributed by atoms with Gasteiger partial charge in [-0.15, -0.1) is 11.3 Å². The first-order valence-corrected chi connectivity index (χ1v) is 7.73. The first-order valence-electron chi connectivity index (χ1n) is 6.85. The van der Waals surface area contributed by atoms with Gasteiger partial charge < -0.3 is 10.2 Å². The van der Waals surface area contributed by atoms with Crippen LogP contribution in [0.4, 0.5) is 11.6 Å². The number of anilines is 2. The van der Waals surface area contributed by atoms with Gasteiger partial charge in [0.15, 0.2) is 0 Å². The number of aryl methyl sites for hydroxylation is 1. The van der Waals surface area contributed by atoms with Crippen molar-refractivity contribution >= 4 is 23.0 Å². The highest BCUT2D eigenvalue weighted by atomic mass is 32.1. The lowest BCUT2D eigenvalue weighted by atomic mass is 10.2. The van der Waals surface area contributed by atoms with Crippen LogP contribution in [0.15, 0.2) is 11.8 Å². The SMILES string of the molecule is CCNc1ncnc(N(C)Cc2scnc2C)c1CC. The average Bonchev–Trinajstić information content (AvgIpc) is 2.84. The van der Waals surface area contributed by atoms with Crippen molar-refractivity contribution in [1.82, 2.24) is 15.0 Å². The molecule has 0 aliphatic carbocycles. The zero-order valence-corrected chi connectivity index (χ0v) is 13.3. The van der Waals surface area contributed by atoms with Gasteiger partial charge in [0.2, 0.25) is 0 Å². The van der Waals surface area contributed by atoms with E-state index in [2.05, 4.69) is 46.1 Å². The minimum absolute atomic E-state index is 0.825. The lowest BCUT2D eigenvalue weighted by molar-refractivity contribution is 0.873. The summed E-state index contributed by atoms with van der Waals surface area (Å²) in [6.07, 6.45) is 2.53. The van der Waals surface area contributed by atoms with Crippen LogP contribution < -0.4 is 10.2 Å². The fraction of sp³-hybridized carbons (Fsp3) is 0.500. The van der Waals surface area contributed by atoms with Gasteiger partial charge in [0, 0.05) is 24.0 Å². The van der Waals surface area contributed by atoms with Crippen molar-refractivity contribution in [2.75, 3.05) is 23.8 Å². The molecule has 0 radical (unpaired) electrons. The van der Waals surface area contributed by atoms with E-state index >= 15 is 0 Å². The lowest BCUT2D eigenvalue weighted by Crippen LogP contribution is -2.20. The maximum Gasteiger partial charge on any atom is 0.137 e. The van der Waals surface area contributed by atoms with E-state index in [4.69, 9.17) is 0 Å². The second-order valence-corrected chi connectivity index (χ2v) is 5.56. The minimum atomic E-state index is 0.825. The standard InChI is InChI=1S/C14H21N5S/c1-5-11-13(15-6-2)16-8-17-14(11)19(4)7-12-10(3)18-9-20-12/h8-9H,5-7H2,1-4H3,(H,15,16,17). The van der Waals surface area contributed by atoms with Crippen LogP contribution in [-0.2, 0) is 13.0 Å². The molecule has 0 saturated carbocycles. The third-order valence-corrected chi connectivity index (χ3v) is 4.13. The molecule has 0 spiro atoms. The summed E-state index contributed by atoms with van der Waals surface area (Å²) in [5.41, 5.74) is 4.16. The van der Waals surface area contributed by atoms with Crippen molar-refractivity contribution in [3.05, 3.63) is 28.0 Å². The van der Waals surface area contributed by atoms with Gasteiger partial charge in [-0.05, 0) is 20.3 Å². The summed E-state index contributed by atoms with van der Waals surface area (Å²) in [5.74, 6) is 1.93. The Kier molecular flexibility index (Phi) is 4.89. The normalized spacial score (nSPS) is 10.6. The van der Waals surface area contributed by atoms with Crippen molar-refractivity contribution in [2.45, 2.75) is 33.7 Å². The predicted octanol–water partition coefficient (Wildman–Crippen LogP) is 2.87. The molecule has 108 valence electrons. The molecule has 0 fully saturated rings. The van der Waals surface area contributed by atoms with Crippen molar-refractivity contribution in [3.63, 3.8) is 0 Å². The molecule has 5 nitrogen and oxygen atoms in total. The van der Waals surface area contributed by atoms with Gasteiger partial charge in [0.1, 0.15) is 18.0 Å². The lowest BCUT2D eigenvalue weighted by Gasteiger charge is -2.21. The van der Waals surface area contributed by atoms with Gasteiger partial charge in [-0.25, -0.2) is 15.0 Å². The highest BCUT2D eigenvalue weighted by Crippen LogP contribution is 2.25. The largest absolute Gasteiger partial charge is 0.370 e. The number of nitrogens with one attached hydrogen (secondary N) is 1. The Morgan fingerprint density at radius 2 is 2.05 bits per heavy atom. The molecule has 2 heterocycles. The van der Waals surface area contributed by atoms with E-state index in [1.807, 2.05) is 12.4 Å². The van der Waals surface area contributed by atoms with Crippen LogP contribution in [0.25, 0.3) is 0 Å². The summed E-state index contributed by atoms with van der Waals surface area (Å²) in [4.78, 5) is 16.5. The smallest absolute Gasteiger partial charge is 0.137 e. The van der Waals surface area contributed by atoms with Gasteiger partial charge >= 0.3 is 0 Å². The molecule has 2 rings (SSSR count).